The van der Waals surface area contributed by atoms with Gasteiger partial charge in [0.2, 0.25) is 0 Å². The molecule has 0 amide bonds. The molecule has 0 unspecified atom stereocenters. The Balaban J connectivity index is 2.11. The minimum absolute atomic E-state index is 0.0175. The summed E-state index contributed by atoms with van der Waals surface area (Å²) < 4.78 is 0. The number of para-hydroxylation sites is 1. The van der Waals surface area contributed by atoms with Crippen LogP contribution in [0.2, 0.25) is 0 Å². The van der Waals surface area contributed by atoms with Crippen LogP contribution in [0.4, 0.5) is 5.69 Å². The number of nitrogens with zero attached hydrogens (tertiary/aromatic N) is 1. The van der Waals surface area contributed by atoms with E-state index in [9.17, 15) is 0 Å². The van der Waals surface area contributed by atoms with Gasteiger partial charge in [0.25, 0.3) is 0 Å². The Kier molecular flexibility index (Phi) is 3.33. The van der Waals surface area contributed by atoms with E-state index in [1.807, 2.05) is 13.0 Å². The van der Waals surface area contributed by atoms with Crippen molar-refractivity contribution in [2.45, 2.75) is 26.4 Å². The van der Waals surface area contributed by atoms with E-state index in [0.717, 1.165) is 6.54 Å². The lowest BCUT2D eigenvalue weighted by Gasteiger charge is -2.34. The zero-order valence-electron chi connectivity index (χ0n) is 12.0. The Morgan fingerprint density at radius 2 is 1.80 bits per heavy atom. The lowest BCUT2D eigenvalue weighted by molar-refractivity contribution is 0.765. The molecule has 102 valence electrons. The van der Waals surface area contributed by atoms with Crippen LogP contribution in [0.1, 0.15) is 23.6 Å². The summed E-state index contributed by atoms with van der Waals surface area (Å²) in [5.74, 6) is 0. The minimum atomic E-state index is 0.0175. The molecule has 1 aliphatic heterocycles. The highest BCUT2D eigenvalue weighted by molar-refractivity contribution is 5.70. The molecule has 0 fully saturated rings. The van der Waals surface area contributed by atoms with Crippen molar-refractivity contribution >= 4 is 11.8 Å². The molecule has 2 nitrogen and oxygen atoms in total. The van der Waals surface area contributed by atoms with Crippen LogP contribution in [0.5, 0.6) is 0 Å². The highest BCUT2D eigenvalue weighted by atomic mass is 15.2. The van der Waals surface area contributed by atoms with Gasteiger partial charge in [0.1, 0.15) is 0 Å². The smallest absolute Gasteiger partial charge is 0.0487 e. The Morgan fingerprint density at radius 3 is 2.50 bits per heavy atom. The monoisotopic (exact) mass is 264 g/mol. The van der Waals surface area contributed by atoms with Crippen molar-refractivity contribution in [2.24, 2.45) is 5.73 Å². The van der Waals surface area contributed by atoms with E-state index in [4.69, 9.17) is 5.73 Å². The number of rotatable bonds is 2. The van der Waals surface area contributed by atoms with Crippen LogP contribution in [-0.4, -0.2) is 6.04 Å². The molecular formula is C18H20N2. The van der Waals surface area contributed by atoms with Gasteiger partial charge in [0.15, 0.2) is 0 Å². The lowest BCUT2D eigenvalue weighted by atomic mass is 9.95. The van der Waals surface area contributed by atoms with Gasteiger partial charge in [-0.1, -0.05) is 36.4 Å². The summed E-state index contributed by atoms with van der Waals surface area (Å²) in [5, 5.41) is 0. The van der Waals surface area contributed by atoms with Crippen LogP contribution in [-0.2, 0) is 6.54 Å². The summed E-state index contributed by atoms with van der Waals surface area (Å²) >= 11 is 0. The number of nitrogens with two attached hydrogens (primary N) is 1. The first-order valence-electron chi connectivity index (χ1n) is 7.05. The third-order valence-electron chi connectivity index (χ3n) is 3.91. The standard InChI is InChI=1S/C18H20N2/c1-13-7-6-8-15-11-18(14(2)19)20(12-17(13)15)16-9-4-3-5-10-16/h3-11,14H,12,19H2,1-2H3/t14-/m0/s1. The van der Waals surface area contributed by atoms with Crippen molar-refractivity contribution in [1.82, 2.24) is 0 Å². The maximum Gasteiger partial charge on any atom is 0.0487 e. The van der Waals surface area contributed by atoms with Gasteiger partial charge in [-0.15, -0.1) is 0 Å². The molecule has 0 bridgehead atoms. The van der Waals surface area contributed by atoms with E-state index in [1.54, 1.807) is 0 Å². The molecule has 1 aliphatic rings. The second-order valence-electron chi connectivity index (χ2n) is 5.42. The summed E-state index contributed by atoms with van der Waals surface area (Å²) in [5.41, 5.74) is 12.6. The highest BCUT2D eigenvalue weighted by Gasteiger charge is 2.22. The van der Waals surface area contributed by atoms with Crippen LogP contribution in [0.15, 0.2) is 54.2 Å². The van der Waals surface area contributed by atoms with E-state index >= 15 is 0 Å². The van der Waals surface area contributed by atoms with Crippen molar-refractivity contribution in [2.75, 3.05) is 4.90 Å². The predicted octanol–water partition coefficient (Wildman–Crippen LogP) is 3.70. The number of hydrogen-bond donors (Lipinski definition) is 1. The molecule has 0 aromatic heterocycles. The van der Waals surface area contributed by atoms with Crippen LogP contribution < -0.4 is 10.6 Å². The third kappa shape index (κ3) is 2.23. The molecule has 3 rings (SSSR count). The molecule has 20 heavy (non-hydrogen) atoms. The molecule has 1 heterocycles. The second-order valence-corrected chi connectivity index (χ2v) is 5.42. The topological polar surface area (TPSA) is 29.3 Å². The molecule has 0 saturated carbocycles. The number of anilines is 1. The van der Waals surface area contributed by atoms with E-state index in [1.165, 1.54) is 28.1 Å². The quantitative estimate of drug-likeness (QED) is 0.896. The molecule has 2 N–H and O–H groups in total. The van der Waals surface area contributed by atoms with Crippen molar-refractivity contribution in [3.63, 3.8) is 0 Å². The van der Waals surface area contributed by atoms with Crippen molar-refractivity contribution in [3.05, 3.63) is 70.9 Å². The van der Waals surface area contributed by atoms with Gasteiger partial charge in [0, 0.05) is 24.0 Å². The fourth-order valence-electron chi connectivity index (χ4n) is 2.79. The molecule has 0 saturated heterocycles. The number of aryl methyl sites for hydroxylation is 1. The maximum atomic E-state index is 6.18. The van der Waals surface area contributed by atoms with Gasteiger partial charge in [-0.3, -0.25) is 0 Å². The first-order chi connectivity index (χ1) is 9.66. The molecule has 0 aliphatic carbocycles. The predicted molar refractivity (Wildman–Crippen MR) is 85.4 cm³/mol. The van der Waals surface area contributed by atoms with Crippen molar-refractivity contribution < 1.29 is 0 Å². The zero-order chi connectivity index (χ0) is 14.1. The molecule has 0 spiro atoms. The summed E-state index contributed by atoms with van der Waals surface area (Å²) in [6.07, 6.45) is 2.23. The normalized spacial score (nSPS) is 15.6. The zero-order valence-corrected chi connectivity index (χ0v) is 12.0. The largest absolute Gasteiger partial charge is 0.339 e. The van der Waals surface area contributed by atoms with Gasteiger partial charge in [0.05, 0.1) is 0 Å². The highest BCUT2D eigenvalue weighted by Crippen LogP contribution is 2.32. The van der Waals surface area contributed by atoms with Gasteiger partial charge in [-0.05, 0) is 48.7 Å². The summed E-state index contributed by atoms with van der Waals surface area (Å²) in [6.45, 7) is 5.11. The van der Waals surface area contributed by atoms with Gasteiger partial charge < -0.3 is 10.6 Å². The Hall–Kier alpha value is -2.06. The van der Waals surface area contributed by atoms with E-state index in [0.29, 0.717) is 0 Å². The average molecular weight is 264 g/mol. The molecule has 0 radical (unpaired) electrons. The molecule has 2 aromatic carbocycles. The maximum absolute atomic E-state index is 6.18. The minimum Gasteiger partial charge on any atom is -0.339 e. The van der Waals surface area contributed by atoms with Crippen molar-refractivity contribution in [3.8, 4) is 0 Å². The van der Waals surface area contributed by atoms with Crippen LogP contribution in [0.3, 0.4) is 0 Å². The molecular weight excluding hydrogens is 244 g/mol. The molecule has 1 atom stereocenters. The molecule has 2 heteroatoms. The fraction of sp³-hybridized carbons (Fsp3) is 0.222. The summed E-state index contributed by atoms with van der Waals surface area (Å²) in [4.78, 5) is 2.32. The number of hydrogen-bond acceptors (Lipinski definition) is 2. The Labute approximate surface area is 120 Å². The first-order valence-corrected chi connectivity index (χ1v) is 7.05. The molecule has 2 aromatic rings. The first kappa shape index (κ1) is 12.9. The van der Waals surface area contributed by atoms with E-state index in [-0.39, 0.29) is 6.04 Å². The fourth-order valence-corrected chi connectivity index (χ4v) is 2.79. The van der Waals surface area contributed by atoms with E-state index < -0.39 is 0 Å². The van der Waals surface area contributed by atoms with Gasteiger partial charge in [-0.25, -0.2) is 0 Å². The van der Waals surface area contributed by atoms with Gasteiger partial charge in [-0.2, -0.15) is 0 Å². The second kappa shape index (κ2) is 5.14. The SMILES string of the molecule is Cc1cccc2c1CN(c1ccccc1)C([C@H](C)N)=C2. The lowest BCUT2D eigenvalue weighted by Crippen LogP contribution is -2.35. The van der Waals surface area contributed by atoms with Gasteiger partial charge >= 0.3 is 0 Å². The van der Waals surface area contributed by atoms with Crippen molar-refractivity contribution in [1.29, 1.82) is 0 Å². The summed E-state index contributed by atoms with van der Waals surface area (Å²) in [6, 6.07) is 16.9. The Morgan fingerprint density at radius 1 is 1.05 bits per heavy atom. The van der Waals surface area contributed by atoms with Crippen LogP contribution in [0, 0.1) is 6.92 Å². The number of benzene rings is 2. The Bertz CT molecular complexity index is 642. The average Bonchev–Trinajstić information content (AvgIpc) is 2.47. The van der Waals surface area contributed by atoms with Crippen LogP contribution in [0.25, 0.3) is 6.08 Å². The van der Waals surface area contributed by atoms with E-state index in [2.05, 4.69) is 60.4 Å². The number of fused-ring (bicyclic) bond motifs is 1. The summed E-state index contributed by atoms with van der Waals surface area (Å²) in [7, 11) is 0. The third-order valence-corrected chi connectivity index (χ3v) is 3.91. The van der Waals surface area contributed by atoms with Crippen LogP contribution >= 0.6 is 0 Å².